The van der Waals surface area contributed by atoms with Gasteiger partial charge in [0, 0.05) is 24.0 Å². The number of hydrogen-bond donors (Lipinski definition) is 0. The third kappa shape index (κ3) is 2.26. The van der Waals surface area contributed by atoms with Gasteiger partial charge in [-0.15, -0.1) is 11.3 Å². The molecule has 2 nitrogen and oxygen atoms in total. The van der Waals surface area contributed by atoms with Crippen molar-refractivity contribution < 1.29 is 4.79 Å². The first-order chi connectivity index (χ1) is 8.69. The average molecular weight is 263 g/mol. The van der Waals surface area contributed by atoms with Crippen LogP contribution in [-0.4, -0.2) is 24.3 Å². The minimum atomic E-state index is 0.598. The van der Waals surface area contributed by atoms with Crippen LogP contribution in [0.5, 0.6) is 0 Å². The van der Waals surface area contributed by atoms with Crippen molar-refractivity contribution in [2.45, 2.75) is 39.2 Å². The monoisotopic (exact) mass is 263 g/mol. The molecule has 1 aromatic heterocycles. The number of carbonyl (C=O) groups is 1. The molecule has 0 N–H and O–H groups in total. The average Bonchev–Trinajstić information content (AvgIpc) is 3.06. The van der Waals surface area contributed by atoms with Gasteiger partial charge in [0.15, 0.2) is 6.29 Å². The van der Waals surface area contributed by atoms with E-state index in [1.54, 1.807) is 11.3 Å². The van der Waals surface area contributed by atoms with Crippen LogP contribution in [0.3, 0.4) is 0 Å². The molecule has 2 heterocycles. The van der Waals surface area contributed by atoms with E-state index in [0.29, 0.717) is 6.04 Å². The van der Waals surface area contributed by atoms with Crippen molar-refractivity contribution in [3.8, 4) is 0 Å². The molecule has 3 rings (SSSR count). The highest BCUT2D eigenvalue weighted by Crippen LogP contribution is 2.49. The number of rotatable bonds is 4. The maximum absolute atomic E-state index is 11.0. The van der Waals surface area contributed by atoms with Crippen LogP contribution < -0.4 is 0 Å². The Kier molecular flexibility index (Phi) is 3.29. The lowest BCUT2D eigenvalue weighted by Crippen LogP contribution is -2.38. The molecule has 0 saturated heterocycles. The molecular weight excluding hydrogens is 242 g/mol. The molecule has 1 aliphatic carbocycles. The Morgan fingerprint density at radius 3 is 2.89 bits per heavy atom. The summed E-state index contributed by atoms with van der Waals surface area (Å²) in [4.78, 5) is 16.0. The smallest absolute Gasteiger partial charge is 0.160 e. The van der Waals surface area contributed by atoms with E-state index in [1.165, 1.54) is 36.4 Å². The van der Waals surface area contributed by atoms with Crippen LogP contribution in [0.15, 0.2) is 6.07 Å². The van der Waals surface area contributed by atoms with Gasteiger partial charge in [0.25, 0.3) is 0 Å². The van der Waals surface area contributed by atoms with Gasteiger partial charge in [0.05, 0.1) is 4.88 Å². The number of hydrogen-bond acceptors (Lipinski definition) is 3. The third-order valence-electron chi connectivity index (χ3n) is 3.98. The van der Waals surface area contributed by atoms with E-state index in [0.717, 1.165) is 29.4 Å². The van der Waals surface area contributed by atoms with Crippen LogP contribution in [0, 0.1) is 11.8 Å². The predicted octanol–water partition coefficient (Wildman–Crippen LogP) is 3.53. The maximum Gasteiger partial charge on any atom is 0.160 e. The molecular formula is C15H21NOS. The van der Waals surface area contributed by atoms with Gasteiger partial charge >= 0.3 is 0 Å². The predicted molar refractivity (Wildman–Crippen MR) is 75.3 cm³/mol. The molecule has 1 fully saturated rings. The summed E-state index contributed by atoms with van der Waals surface area (Å²) in [6.07, 6.45) is 4.87. The maximum atomic E-state index is 11.0. The van der Waals surface area contributed by atoms with Gasteiger partial charge in [-0.05, 0) is 42.7 Å². The fourth-order valence-corrected chi connectivity index (χ4v) is 4.20. The van der Waals surface area contributed by atoms with E-state index >= 15 is 0 Å². The summed E-state index contributed by atoms with van der Waals surface area (Å²) >= 11 is 1.71. The summed E-state index contributed by atoms with van der Waals surface area (Å²) in [6.45, 7) is 6.95. The minimum absolute atomic E-state index is 0.598. The van der Waals surface area contributed by atoms with E-state index in [1.807, 2.05) is 0 Å². The van der Waals surface area contributed by atoms with Gasteiger partial charge in [-0.1, -0.05) is 13.8 Å². The Morgan fingerprint density at radius 2 is 2.28 bits per heavy atom. The van der Waals surface area contributed by atoms with Crippen LogP contribution >= 0.6 is 11.3 Å². The van der Waals surface area contributed by atoms with Gasteiger partial charge in [-0.2, -0.15) is 0 Å². The Hall–Kier alpha value is -0.670. The summed E-state index contributed by atoms with van der Waals surface area (Å²) in [6, 6.07) is 2.75. The number of fused-ring (bicyclic) bond motifs is 1. The third-order valence-corrected chi connectivity index (χ3v) is 5.12. The minimum Gasteiger partial charge on any atom is -0.297 e. The quantitative estimate of drug-likeness (QED) is 0.775. The Labute approximate surface area is 113 Å². The van der Waals surface area contributed by atoms with E-state index < -0.39 is 0 Å². The number of carbonyl (C=O) groups excluding carboxylic acids is 1. The van der Waals surface area contributed by atoms with Gasteiger partial charge in [0.2, 0.25) is 0 Å². The van der Waals surface area contributed by atoms with Crippen molar-refractivity contribution in [1.29, 1.82) is 0 Å². The highest BCUT2D eigenvalue weighted by atomic mass is 32.1. The van der Waals surface area contributed by atoms with Crippen molar-refractivity contribution in [2.75, 3.05) is 13.1 Å². The highest BCUT2D eigenvalue weighted by Gasteiger charge is 2.40. The van der Waals surface area contributed by atoms with Crippen molar-refractivity contribution in [2.24, 2.45) is 11.8 Å². The molecule has 18 heavy (non-hydrogen) atoms. The topological polar surface area (TPSA) is 20.3 Å². The lowest BCUT2D eigenvalue weighted by molar-refractivity contribution is 0.112. The Balaban J connectivity index is 1.90. The van der Waals surface area contributed by atoms with E-state index in [-0.39, 0.29) is 0 Å². The highest BCUT2D eigenvalue weighted by molar-refractivity contribution is 7.13. The Morgan fingerprint density at radius 1 is 1.50 bits per heavy atom. The normalized spacial score (nSPS) is 24.3. The Bertz CT molecular complexity index is 447. The molecule has 1 aliphatic heterocycles. The molecule has 1 aromatic rings. The zero-order valence-electron chi connectivity index (χ0n) is 11.2. The first-order valence-electron chi connectivity index (χ1n) is 7.01. The zero-order chi connectivity index (χ0) is 12.7. The summed E-state index contributed by atoms with van der Waals surface area (Å²) in [7, 11) is 0. The SMILES string of the molecule is CC(C)CN1CCc2sc(C=O)cc2C1C1CC1. The first kappa shape index (κ1) is 12.4. The van der Waals surface area contributed by atoms with E-state index in [4.69, 9.17) is 0 Å². The standard InChI is InChI=1S/C15H21NOS/c1-10(2)8-16-6-5-14-13(7-12(9-17)18-14)15(16)11-3-4-11/h7,9-11,15H,3-6,8H2,1-2H3. The number of aldehydes is 1. The fraction of sp³-hybridized carbons (Fsp3) is 0.667. The van der Waals surface area contributed by atoms with Crippen LogP contribution in [0.1, 0.15) is 52.8 Å². The van der Waals surface area contributed by atoms with Crippen molar-refractivity contribution in [3.05, 3.63) is 21.4 Å². The molecule has 0 radical (unpaired) electrons. The lowest BCUT2D eigenvalue weighted by atomic mass is 9.94. The van der Waals surface area contributed by atoms with Crippen LogP contribution in [-0.2, 0) is 6.42 Å². The van der Waals surface area contributed by atoms with Crippen LogP contribution in [0.2, 0.25) is 0 Å². The van der Waals surface area contributed by atoms with Crippen molar-refractivity contribution in [3.63, 3.8) is 0 Å². The van der Waals surface area contributed by atoms with Gasteiger partial charge in [-0.25, -0.2) is 0 Å². The van der Waals surface area contributed by atoms with Crippen molar-refractivity contribution in [1.82, 2.24) is 4.90 Å². The molecule has 1 atom stereocenters. The van der Waals surface area contributed by atoms with E-state index in [9.17, 15) is 4.79 Å². The van der Waals surface area contributed by atoms with Crippen LogP contribution in [0.25, 0.3) is 0 Å². The summed E-state index contributed by atoms with van der Waals surface area (Å²) < 4.78 is 0. The first-order valence-corrected chi connectivity index (χ1v) is 7.82. The zero-order valence-corrected chi connectivity index (χ0v) is 12.0. The van der Waals surface area contributed by atoms with Gasteiger partial charge < -0.3 is 0 Å². The lowest BCUT2D eigenvalue weighted by Gasteiger charge is -2.37. The second kappa shape index (κ2) is 4.78. The molecule has 0 aromatic carbocycles. The molecule has 1 unspecified atom stereocenters. The second-order valence-electron chi connectivity index (χ2n) is 6.07. The van der Waals surface area contributed by atoms with Crippen LogP contribution in [0.4, 0.5) is 0 Å². The molecule has 0 spiro atoms. The van der Waals surface area contributed by atoms with Crippen molar-refractivity contribution >= 4 is 17.6 Å². The molecule has 0 amide bonds. The molecule has 3 heteroatoms. The molecule has 0 bridgehead atoms. The molecule has 2 aliphatic rings. The summed E-state index contributed by atoms with van der Waals surface area (Å²) in [5.74, 6) is 1.56. The number of nitrogens with zero attached hydrogens (tertiary/aromatic N) is 1. The second-order valence-corrected chi connectivity index (χ2v) is 7.23. The molecule has 98 valence electrons. The fourth-order valence-electron chi connectivity index (χ4n) is 3.19. The molecule has 1 saturated carbocycles. The number of thiophene rings is 1. The summed E-state index contributed by atoms with van der Waals surface area (Å²) in [5, 5.41) is 0. The van der Waals surface area contributed by atoms with Gasteiger partial charge in [-0.3, -0.25) is 9.69 Å². The summed E-state index contributed by atoms with van der Waals surface area (Å²) in [5.41, 5.74) is 1.47. The van der Waals surface area contributed by atoms with E-state index in [2.05, 4.69) is 24.8 Å². The van der Waals surface area contributed by atoms with Gasteiger partial charge in [0.1, 0.15) is 0 Å². The largest absolute Gasteiger partial charge is 0.297 e.